The number of ether oxygens (including phenoxy) is 2. The summed E-state index contributed by atoms with van der Waals surface area (Å²) >= 11 is 11.6. The zero-order chi connectivity index (χ0) is 37.3. The number of carboxylic acids is 1. The van der Waals surface area contributed by atoms with Crippen molar-refractivity contribution in [1.29, 1.82) is 0 Å². The number of hydrogen-bond acceptors (Lipinski definition) is 9. The van der Waals surface area contributed by atoms with Gasteiger partial charge in [-0.05, 0) is 59.7 Å². The first-order chi connectivity index (χ1) is 24.0. The largest absolute Gasteiger partial charge is 0.573 e. The monoisotopic (exact) mass is 758 g/mol. The van der Waals surface area contributed by atoms with E-state index in [0.29, 0.717) is 28.0 Å². The van der Waals surface area contributed by atoms with Gasteiger partial charge < -0.3 is 25.6 Å². The van der Waals surface area contributed by atoms with E-state index in [0.717, 1.165) is 18.2 Å². The summed E-state index contributed by atoms with van der Waals surface area (Å²) in [5.41, 5.74) is 7.94. The van der Waals surface area contributed by atoms with Crippen LogP contribution in [0.25, 0.3) is 11.3 Å². The standard InChI is InChI=1S/C15H10ClF3N4O2.C8H7ClF3NO.C7H5N3O2/c16-12-6-11(25-15(17,18)19)2-1-10(12)7-20-14(24)9-3-4-23-8-21-22-13(23)5-9;9-7-3-6(14-8(10,11)12)2-1-5(7)4-13;11-7(12)5-1-2-10-4-8-9-6(10)3-5/h1-6,8H,7H2,(H,20,24);1-3H,4,13H2;1-4H,(H,11,12). The number of benzene rings is 2. The molecule has 6 aromatic rings. The molecule has 0 bridgehead atoms. The second-order valence-electron chi connectivity index (χ2n) is 9.82. The lowest BCUT2D eigenvalue weighted by atomic mass is 10.2. The average Bonchev–Trinajstić information content (AvgIpc) is 3.72. The van der Waals surface area contributed by atoms with Crippen molar-refractivity contribution in [2.45, 2.75) is 25.8 Å². The minimum Gasteiger partial charge on any atom is -0.478 e. The highest BCUT2D eigenvalue weighted by Gasteiger charge is 2.32. The van der Waals surface area contributed by atoms with Crippen molar-refractivity contribution in [3.05, 3.63) is 118 Å². The van der Waals surface area contributed by atoms with E-state index in [1.807, 2.05) is 0 Å². The number of carbonyl (C=O) groups is 2. The summed E-state index contributed by atoms with van der Waals surface area (Å²) in [5.74, 6) is -2.11. The predicted octanol–water partition coefficient (Wildman–Crippen LogP) is 6.34. The number of fused-ring (bicyclic) bond motifs is 2. The maximum atomic E-state index is 12.2. The molecular weight excluding hydrogens is 737 g/mol. The summed E-state index contributed by atoms with van der Waals surface area (Å²) in [7, 11) is 0. The number of carbonyl (C=O) groups excluding carboxylic acids is 1. The van der Waals surface area contributed by atoms with Gasteiger partial charge >= 0.3 is 18.7 Å². The van der Waals surface area contributed by atoms with Gasteiger partial charge in [0, 0.05) is 41.1 Å². The van der Waals surface area contributed by atoms with Crippen molar-refractivity contribution < 1.29 is 50.5 Å². The van der Waals surface area contributed by atoms with E-state index >= 15 is 0 Å². The Bertz CT molecular complexity index is 2140. The predicted molar refractivity (Wildman–Crippen MR) is 168 cm³/mol. The molecule has 1 amide bonds. The van der Waals surface area contributed by atoms with Crippen molar-refractivity contribution >= 4 is 46.4 Å². The van der Waals surface area contributed by atoms with Gasteiger partial charge in [0.2, 0.25) is 0 Å². The number of nitrogens with one attached hydrogen (secondary N) is 1. The number of nitrogens with two attached hydrogens (primary N) is 1. The molecule has 6 rings (SSSR count). The van der Waals surface area contributed by atoms with Crippen molar-refractivity contribution in [3.63, 3.8) is 0 Å². The second-order valence-corrected chi connectivity index (χ2v) is 10.6. The van der Waals surface area contributed by atoms with E-state index in [1.165, 1.54) is 43.0 Å². The number of nitrogens with zero attached hydrogens (tertiary/aromatic N) is 6. The van der Waals surface area contributed by atoms with Crippen molar-refractivity contribution in [1.82, 2.24) is 34.5 Å². The SMILES string of the molecule is NCc1ccc(OC(F)(F)F)cc1Cl.O=C(NCc1ccc(OC(F)(F)F)cc1Cl)c1ccn2cnnc2c1.O=C(O)c1ccn2cnnc2c1. The summed E-state index contributed by atoms with van der Waals surface area (Å²) in [6, 6.07) is 13.3. The smallest absolute Gasteiger partial charge is 0.478 e. The quantitative estimate of drug-likeness (QED) is 0.156. The Morgan fingerprint density at radius 3 is 1.67 bits per heavy atom. The average molecular weight is 759 g/mol. The lowest BCUT2D eigenvalue weighted by Gasteiger charge is -2.11. The van der Waals surface area contributed by atoms with Crippen LogP contribution in [-0.2, 0) is 13.1 Å². The topological polar surface area (TPSA) is 171 Å². The summed E-state index contributed by atoms with van der Waals surface area (Å²) in [5, 5.41) is 26.4. The minimum absolute atomic E-state index is 0.0435. The zero-order valence-corrected chi connectivity index (χ0v) is 26.9. The van der Waals surface area contributed by atoms with Gasteiger partial charge in [0.05, 0.1) is 5.56 Å². The second kappa shape index (κ2) is 16.4. The Morgan fingerprint density at radius 1 is 0.745 bits per heavy atom. The van der Waals surface area contributed by atoms with Crippen LogP contribution < -0.4 is 20.5 Å². The molecule has 0 saturated heterocycles. The Morgan fingerprint density at radius 2 is 1.22 bits per heavy atom. The Kier molecular flexibility index (Phi) is 12.2. The van der Waals surface area contributed by atoms with E-state index in [-0.39, 0.29) is 40.4 Å². The van der Waals surface area contributed by atoms with E-state index in [1.54, 1.807) is 33.3 Å². The zero-order valence-electron chi connectivity index (χ0n) is 25.4. The fourth-order valence-electron chi connectivity index (χ4n) is 3.95. The number of amides is 1. The third-order valence-corrected chi connectivity index (χ3v) is 6.99. The molecule has 13 nitrogen and oxygen atoms in total. The molecule has 0 aliphatic rings. The fourth-order valence-corrected chi connectivity index (χ4v) is 4.43. The van der Waals surface area contributed by atoms with Crippen LogP contribution in [0.4, 0.5) is 26.3 Å². The molecule has 4 heterocycles. The molecule has 51 heavy (non-hydrogen) atoms. The number of carboxylic acid groups (broad SMARTS) is 1. The van der Waals surface area contributed by atoms with Gasteiger partial charge in [0.15, 0.2) is 11.3 Å². The number of alkyl halides is 6. The molecule has 0 unspecified atom stereocenters. The molecule has 21 heteroatoms. The van der Waals surface area contributed by atoms with Crippen LogP contribution in [0.15, 0.2) is 85.7 Å². The molecule has 0 aliphatic heterocycles. The third kappa shape index (κ3) is 11.4. The number of aromatic nitrogens is 6. The lowest BCUT2D eigenvalue weighted by molar-refractivity contribution is -0.275. The summed E-state index contributed by atoms with van der Waals surface area (Å²) in [4.78, 5) is 22.7. The normalized spacial score (nSPS) is 11.2. The molecular formula is C30H22Cl2F6N8O5. The molecule has 4 aromatic heterocycles. The first-order valence-electron chi connectivity index (χ1n) is 13.9. The van der Waals surface area contributed by atoms with Crippen LogP contribution in [0, 0.1) is 0 Å². The molecule has 4 N–H and O–H groups in total. The summed E-state index contributed by atoms with van der Waals surface area (Å²) in [6.45, 7) is 0.215. The lowest BCUT2D eigenvalue weighted by Crippen LogP contribution is -2.23. The first kappa shape index (κ1) is 38.1. The van der Waals surface area contributed by atoms with Crippen LogP contribution in [0.5, 0.6) is 11.5 Å². The van der Waals surface area contributed by atoms with E-state index < -0.39 is 24.4 Å². The number of rotatable bonds is 7. The van der Waals surface area contributed by atoms with Crippen LogP contribution in [0.2, 0.25) is 10.0 Å². The number of hydrogen-bond donors (Lipinski definition) is 3. The summed E-state index contributed by atoms with van der Waals surface area (Å²) < 4.78 is 82.5. The molecule has 0 spiro atoms. The molecule has 0 aliphatic carbocycles. The van der Waals surface area contributed by atoms with Crippen molar-refractivity contribution in [2.24, 2.45) is 5.73 Å². The highest BCUT2D eigenvalue weighted by atomic mass is 35.5. The molecule has 268 valence electrons. The van der Waals surface area contributed by atoms with Gasteiger partial charge in [-0.1, -0.05) is 35.3 Å². The maximum Gasteiger partial charge on any atom is 0.573 e. The molecule has 0 fully saturated rings. The van der Waals surface area contributed by atoms with Gasteiger partial charge in [0.1, 0.15) is 24.2 Å². The van der Waals surface area contributed by atoms with Crippen molar-refractivity contribution in [3.8, 4) is 11.5 Å². The fraction of sp³-hybridized carbons (Fsp3) is 0.133. The first-order valence-corrected chi connectivity index (χ1v) is 14.7. The van der Waals surface area contributed by atoms with Crippen molar-refractivity contribution in [2.75, 3.05) is 0 Å². The number of pyridine rings is 2. The van der Waals surface area contributed by atoms with E-state index in [4.69, 9.17) is 34.0 Å². The van der Waals surface area contributed by atoms with Crippen LogP contribution in [0.3, 0.4) is 0 Å². The third-order valence-electron chi connectivity index (χ3n) is 6.28. The van der Waals surface area contributed by atoms with Gasteiger partial charge in [-0.2, -0.15) is 0 Å². The van der Waals surface area contributed by atoms with E-state index in [2.05, 4.69) is 35.2 Å². The Balaban J connectivity index is 0.000000189. The maximum absolute atomic E-state index is 12.2. The summed E-state index contributed by atoms with van der Waals surface area (Å²) in [6.07, 6.45) is -3.23. The van der Waals surface area contributed by atoms with Crippen LogP contribution >= 0.6 is 23.2 Å². The highest BCUT2D eigenvalue weighted by Crippen LogP contribution is 2.28. The minimum atomic E-state index is -4.79. The highest BCUT2D eigenvalue weighted by molar-refractivity contribution is 6.31. The number of halogens is 8. The molecule has 0 atom stereocenters. The van der Waals surface area contributed by atoms with E-state index in [9.17, 15) is 35.9 Å². The van der Waals surface area contributed by atoms with Crippen LogP contribution in [0.1, 0.15) is 31.8 Å². The molecule has 0 radical (unpaired) electrons. The van der Waals surface area contributed by atoms with Gasteiger partial charge in [0.25, 0.3) is 5.91 Å². The van der Waals surface area contributed by atoms with Crippen LogP contribution in [-0.4, -0.2) is 58.9 Å². The Hall–Kier alpha value is -5.66. The Labute approximate surface area is 292 Å². The number of aromatic carboxylic acids is 1. The molecule has 2 aromatic carbocycles. The van der Waals surface area contributed by atoms with Gasteiger partial charge in [-0.15, -0.1) is 46.7 Å². The molecule has 0 saturated carbocycles. The van der Waals surface area contributed by atoms with Gasteiger partial charge in [-0.3, -0.25) is 13.6 Å². The van der Waals surface area contributed by atoms with Gasteiger partial charge in [-0.25, -0.2) is 4.79 Å².